The van der Waals surface area contributed by atoms with E-state index in [0.717, 1.165) is 11.3 Å². The summed E-state index contributed by atoms with van der Waals surface area (Å²) in [5, 5.41) is 0. The second kappa shape index (κ2) is 5.45. The van der Waals surface area contributed by atoms with Crippen LogP contribution < -0.4 is 4.74 Å². The predicted octanol–water partition coefficient (Wildman–Crippen LogP) is 3.17. The fourth-order valence-electron chi connectivity index (χ4n) is 1.65. The summed E-state index contributed by atoms with van der Waals surface area (Å²) in [6, 6.07) is 13.5. The molecule has 0 N–H and O–H groups in total. The van der Waals surface area contributed by atoms with Crippen molar-refractivity contribution in [3.8, 4) is 5.75 Å². The van der Waals surface area contributed by atoms with E-state index < -0.39 is 0 Å². The molecule has 0 saturated carbocycles. The zero-order valence-corrected chi connectivity index (χ0v) is 10.5. The Labute approximate surface area is 106 Å². The Hall–Kier alpha value is -2.16. The highest BCUT2D eigenvalue weighted by molar-refractivity contribution is 5.94. The van der Waals surface area contributed by atoms with Crippen LogP contribution in [-0.4, -0.2) is 10.8 Å². The van der Waals surface area contributed by atoms with Crippen molar-refractivity contribution in [2.45, 2.75) is 20.5 Å². The Bertz CT molecular complexity index is 550. The van der Waals surface area contributed by atoms with Crippen LogP contribution in [0.1, 0.15) is 28.7 Å². The van der Waals surface area contributed by atoms with Crippen LogP contribution in [0.5, 0.6) is 5.75 Å². The van der Waals surface area contributed by atoms with Gasteiger partial charge in [-0.2, -0.15) is 0 Å². The minimum Gasteiger partial charge on any atom is -0.487 e. The van der Waals surface area contributed by atoms with Gasteiger partial charge in [0.1, 0.15) is 18.1 Å². The van der Waals surface area contributed by atoms with E-state index in [1.807, 2.05) is 43.3 Å². The van der Waals surface area contributed by atoms with Gasteiger partial charge in [0.05, 0.1) is 0 Å². The Balaban J connectivity index is 2.17. The topological polar surface area (TPSA) is 39.2 Å². The van der Waals surface area contributed by atoms with Gasteiger partial charge >= 0.3 is 0 Å². The van der Waals surface area contributed by atoms with Gasteiger partial charge in [-0.15, -0.1) is 0 Å². The molecular weight excluding hydrogens is 226 g/mol. The van der Waals surface area contributed by atoms with E-state index >= 15 is 0 Å². The van der Waals surface area contributed by atoms with Crippen LogP contribution in [0, 0.1) is 6.92 Å². The summed E-state index contributed by atoms with van der Waals surface area (Å²) in [6.07, 6.45) is 0. The Morgan fingerprint density at radius 1 is 1.17 bits per heavy atom. The number of aryl methyl sites for hydroxylation is 1. The van der Waals surface area contributed by atoms with Gasteiger partial charge in [-0.25, -0.2) is 4.98 Å². The molecule has 0 radical (unpaired) electrons. The highest BCUT2D eigenvalue weighted by Gasteiger charge is 2.10. The molecule has 0 saturated heterocycles. The number of nitrogens with zero attached hydrogens (tertiary/aromatic N) is 1. The van der Waals surface area contributed by atoms with Gasteiger partial charge in [-0.05, 0) is 24.6 Å². The van der Waals surface area contributed by atoms with Gasteiger partial charge in [0.15, 0.2) is 5.78 Å². The maximum atomic E-state index is 11.5. The van der Waals surface area contributed by atoms with Gasteiger partial charge in [0.25, 0.3) is 0 Å². The summed E-state index contributed by atoms with van der Waals surface area (Å²) in [4.78, 5) is 15.7. The van der Waals surface area contributed by atoms with Crippen molar-refractivity contribution in [1.29, 1.82) is 0 Å². The molecule has 1 heterocycles. The van der Waals surface area contributed by atoms with Crippen molar-refractivity contribution in [2.75, 3.05) is 0 Å². The fraction of sp³-hybridized carbons (Fsp3) is 0.200. The lowest BCUT2D eigenvalue weighted by atomic mass is 10.2. The van der Waals surface area contributed by atoms with Crippen molar-refractivity contribution < 1.29 is 9.53 Å². The normalized spacial score (nSPS) is 10.1. The van der Waals surface area contributed by atoms with E-state index in [9.17, 15) is 4.79 Å². The molecule has 18 heavy (non-hydrogen) atoms. The Kier molecular flexibility index (Phi) is 3.72. The van der Waals surface area contributed by atoms with Crippen molar-refractivity contribution in [3.05, 3.63) is 59.4 Å². The summed E-state index contributed by atoms with van der Waals surface area (Å²) in [6.45, 7) is 3.79. The summed E-state index contributed by atoms with van der Waals surface area (Å²) >= 11 is 0. The highest BCUT2D eigenvalue weighted by Crippen LogP contribution is 2.18. The molecule has 0 aliphatic carbocycles. The summed E-state index contributed by atoms with van der Waals surface area (Å²) in [7, 11) is 0. The molecule has 3 heteroatoms. The number of hydrogen-bond acceptors (Lipinski definition) is 3. The lowest BCUT2D eigenvalue weighted by Crippen LogP contribution is -2.04. The predicted molar refractivity (Wildman–Crippen MR) is 69.8 cm³/mol. The third-order valence-corrected chi connectivity index (χ3v) is 2.57. The van der Waals surface area contributed by atoms with Crippen molar-refractivity contribution in [3.63, 3.8) is 0 Å². The molecular formula is C15H15NO2. The lowest BCUT2D eigenvalue weighted by Gasteiger charge is -2.09. The van der Waals surface area contributed by atoms with E-state index in [0.29, 0.717) is 18.1 Å². The second-order valence-electron chi connectivity index (χ2n) is 4.13. The number of pyridine rings is 1. The standard InChI is InChI=1S/C15H15NO2/c1-11-8-9-14(15(16-11)12(2)17)18-10-13-6-4-3-5-7-13/h3-9H,10H2,1-2H3. The van der Waals surface area contributed by atoms with Gasteiger partial charge in [-0.3, -0.25) is 4.79 Å². The number of carbonyl (C=O) groups is 1. The first-order valence-electron chi connectivity index (χ1n) is 5.82. The van der Waals surface area contributed by atoms with Crippen molar-refractivity contribution in [1.82, 2.24) is 4.98 Å². The molecule has 0 fully saturated rings. The molecule has 0 bridgehead atoms. The van der Waals surface area contributed by atoms with Crippen LogP contribution in [0.4, 0.5) is 0 Å². The molecule has 0 unspecified atom stereocenters. The summed E-state index contributed by atoms with van der Waals surface area (Å²) in [5.74, 6) is 0.457. The molecule has 0 aliphatic heterocycles. The van der Waals surface area contributed by atoms with Crippen LogP contribution in [-0.2, 0) is 6.61 Å². The van der Waals surface area contributed by atoms with E-state index in [-0.39, 0.29) is 5.78 Å². The summed E-state index contributed by atoms with van der Waals surface area (Å²) in [5.41, 5.74) is 2.27. The molecule has 2 aromatic rings. The molecule has 3 nitrogen and oxygen atoms in total. The molecule has 0 atom stereocenters. The maximum Gasteiger partial charge on any atom is 0.181 e. The van der Waals surface area contributed by atoms with Gasteiger partial charge in [0, 0.05) is 12.6 Å². The van der Waals surface area contributed by atoms with E-state index in [4.69, 9.17) is 4.74 Å². The third kappa shape index (κ3) is 2.94. The van der Waals surface area contributed by atoms with Gasteiger partial charge < -0.3 is 4.74 Å². The number of benzene rings is 1. The third-order valence-electron chi connectivity index (χ3n) is 2.57. The van der Waals surface area contributed by atoms with E-state index in [1.54, 1.807) is 6.07 Å². The Morgan fingerprint density at radius 2 is 1.89 bits per heavy atom. The monoisotopic (exact) mass is 241 g/mol. The van der Waals surface area contributed by atoms with Crippen LogP contribution >= 0.6 is 0 Å². The van der Waals surface area contributed by atoms with Crippen LogP contribution in [0.2, 0.25) is 0 Å². The molecule has 1 aromatic carbocycles. The molecule has 0 amide bonds. The van der Waals surface area contributed by atoms with Crippen LogP contribution in [0.15, 0.2) is 42.5 Å². The highest BCUT2D eigenvalue weighted by atomic mass is 16.5. The lowest BCUT2D eigenvalue weighted by molar-refractivity contribution is 0.100. The van der Waals surface area contributed by atoms with Crippen molar-refractivity contribution in [2.24, 2.45) is 0 Å². The second-order valence-corrected chi connectivity index (χ2v) is 4.13. The van der Waals surface area contributed by atoms with Gasteiger partial charge in [0.2, 0.25) is 0 Å². The zero-order chi connectivity index (χ0) is 13.0. The minimum absolute atomic E-state index is 0.0817. The Morgan fingerprint density at radius 3 is 2.56 bits per heavy atom. The maximum absolute atomic E-state index is 11.5. The number of rotatable bonds is 4. The molecule has 0 aliphatic rings. The number of carbonyl (C=O) groups excluding carboxylic acids is 1. The smallest absolute Gasteiger partial charge is 0.181 e. The first kappa shape index (κ1) is 12.3. The van der Waals surface area contributed by atoms with Crippen molar-refractivity contribution >= 4 is 5.78 Å². The molecule has 0 spiro atoms. The largest absolute Gasteiger partial charge is 0.487 e. The zero-order valence-electron chi connectivity index (χ0n) is 10.5. The van der Waals surface area contributed by atoms with Crippen LogP contribution in [0.3, 0.4) is 0 Å². The minimum atomic E-state index is -0.0817. The molecule has 2 rings (SSSR count). The number of Topliss-reactive ketones (excluding diaryl/α,β-unsaturated/α-hetero) is 1. The van der Waals surface area contributed by atoms with E-state index in [1.165, 1.54) is 6.92 Å². The average molecular weight is 241 g/mol. The number of ether oxygens (including phenoxy) is 1. The quantitative estimate of drug-likeness (QED) is 0.772. The summed E-state index contributed by atoms with van der Waals surface area (Å²) < 4.78 is 5.66. The van der Waals surface area contributed by atoms with Crippen LogP contribution in [0.25, 0.3) is 0 Å². The van der Waals surface area contributed by atoms with Gasteiger partial charge in [-0.1, -0.05) is 30.3 Å². The molecule has 92 valence electrons. The number of ketones is 1. The SMILES string of the molecule is CC(=O)c1nc(C)ccc1OCc1ccccc1. The first-order valence-corrected chi connectivity index (χ1v) is 5.82. The molecule has 1 aromatic heterocycles. The average Bonchev–Trinajstić information content (AvgIpc) is 2.38. The first-order chi connectivity index (χ1) is 8.66. The van der Waals surface area contributed by atoms with E-state index in [2.05, 4.69) is 4.98 Å². The number of aromatic nitrogens is 1. The fourth-order valence-corrected chi connectivity index (χ4v) is 1.65. The number of hydrogen-bond donors (Lipinski definition) is 0.